The lowest BCUT2D eigenvalue weighted by Crippen LogP contribution is -2.20. The Kier molecular flexibility index (Phi) is 6.23. The van der Waals surface area contributed by atoms with Crippen molar-refractivity contribution >= 4 is 5.69 Å². The second-order valence-corrected chi connectivity index (χ2v) is 6.69. The van der Waals surface area contributed by atoms with Crippen LogP contribution in [0.25, 0.3) is 0 Å². The van der Waals surface area contributed by atoms with Crippen molar-refractivity contribution in [2.45, 2.75) is 52.0 Å². The molecule has 23 heavy (non-hydrogen) atoms. The van der Waals surface area contributed by atoms with E-state index in [4.69, 9.17) is 5.73 Å². The number of nitrogens with one attached hydrogen (secondary N) is 1. The fourth-order valence-corrected chi connectivity index (χ4v) is 2.74. The summed E-state index contributed by atoms with van der Waals surface area (Å²) in [6.45, 7) is 9.50. The summed E-state index contributed by atoms with van der Waals surface area (Å²) < 4.78 is 0. The van der Waals surface area contributed by atoms with Crippen LogP contribution in [0.3, 0.4) is 0 Å². The molecule has 124 valence electrons. The van der Waals surface area contributed by atoms with Crippen molar-refractivity contribution in [2.75, 3.05) is 11.9 Å². The van der Waals surface area contributed by atoms with Crippen LogP contribution in [0.5, 0.6) is 0 Å². The number of rotatable bonds is 7. The third-order valence-electron chi connectivity index (χ3n) is 4.67. The normalized spacial score (nSPS) is 13.8. The van der Waals surface area contributed by atoms with Gasteiger partial charge in [-0.2, -0.15) is 0 Å². The Hall–Kier alpha value is -1.80. The molecule has 2 atom stereocenters. The number of benzene rings is 2. The van der Waals surface area contributed by atoms with Crippen LogP contribution < -0.4 is 11.1 Å². The van der Waals surface area contributed by atoms with E-state index in [1.807, 2.05) is 0 Å². The highest BCUT2D eigenvalue weighted by atomic mass is 14.9. The molecule has 0 radical (unpaired) electrons. The van der Waals surface area contributed by atoms with Crippen LogP contribution in [-0.4, -0.2) is 6.54 Å². The fraction of sp³-hybridized carbons (Fsp3) is 0.429. The van der Waals surface area contributed by atoms with Crippen LogP contribution in [0.1, 0.15) is 68.7 Å². The zero-order chi connectivity index (χ0) is 16.8. The van der Waals surface area contributed by atoms with Gasteiger partial charge in [0.25, 0.3) is 0 Å². The molecule has 2 aromatic rings. The Labute approximate surface area is 141 Å². The van der Waals surface area contributed by atoms with Crippen molar-refractivity contribution in [3.63, 3.8) is 0 Å². The highest BCUT2D eigenvalue weighted by molar-refractivity contribution is 5.47. The first-order valence-corrected chi connectivity index (χ1v) is 8.71. The van der Waals surface area contributed by atoms with Crippen molar-refractivity contribution in [1.29, 1.82) is 0 Å². The zero-order valence-corrected chi connectivity index (χ0v) is 14.8. The van der Waals surface area contributed by atoms with Gasteiger partial charge < -0.3 is 11.1 Å². The molecule has 0 fully saturated rings. The smallest absolute Gasteiger partial charge is 0.0636 e. The van der Waals surface area contributed by atoms with Gasteiger partial charge in [0, 0.05) is 12.2 Å². The average Bonchev–Trinajstić information content (AvgIpc) is 2.59. The van der Waals surface area contributed by atoms with E-state index in [1.165, 1.54) is 23.1 Å². The molecule has 0 saturated heterocycles. The van der Waals surface area contributed by atoms with Crippen molar-refractivity contribution in [1.82, 2.24) is 0 Å². The molecule has 0 spiro atoms. The Balaban J connectivity index is 2.10. The minimum Gasteiger partial charge on any atom is -0.377 e. The van der Waals surface area contributed by atoms with E-state index in [-0.39, 0.29) is 6.04 Å². The quantitative estimate of drug-likeness (QED) is 0.715. The first-order chi connectivity index (χ1) is 11.0. The van der Waals surface area contributed by atoms with Gasteiger partial charge in [-0.3, -0.25) is 0 Å². The lowest BCUT2D eigenvalue weighted by molar-refractivity contribution is 0.730. The molecule has 3 N–H and O–H groups in total. The summed E-state index contributed by atoms with van der Waals surface area (Å²) in [6, 6.07) is 17.7. The Morgan fingerprint density at radius 1 is 0.826 bits per heavy atom. The van der Waals surface area contributed by atoms with Crippen molar-refractivity contribution < 1.29 is 0 Å². The summed E-state index contributed by atoms with van der Waals surface area (Å²) in [5, 5.41) is 3.55. The maximum atomic E-state index is 5.99. The molecule has 2 nitrogen and oxygen atoms in total. The molecule has 0 aliphatic heterocycles. The van der Waals surface area contributed by atoms with Crippen LogP contribution in [0.4, 0.5) is 5.69 Å². The highest BCUT2D eigenvalue weighted by Crippen LogP contribution is 2.24. The summed E-state index contributed by atoms with van der Waals surface area (Å²) in [5.41, 5.74) is 11.1. The molecule has 2 rings (SSSR count). The number of hydrogen-bond donors (Lipinski definition) is 2. The lowest BCUT2D eigenvalue weighted by Gasteiger charge is -2.20. The standard InChI is InChI=1S/C21H30N2/c1-5-16(4)18-6-8-19(9-7-18)21(14-22)23-20-12-10-17(11-13-20)15(2)3/h6-13,15-16,21,23H,5,14,22H2,1-4H3. The van der Waals surface area contributed by atoms with Crippen molar-refractivity contribution in [3.05, 3.63) is 65.2 Å². The zero-order valence-electron chi connectivity index (χ0n) is 14.8. The molecular weight excluding hydrogens is 280 g/mol. The van der Waals surface area contributed by atoms with Gasteiger partial charge in [-0.25, -0.2) is 0 Å². The maximum Gasteiger partial charge on any atom is 0.0636 e. The van der Waals surface area contributed by atoms with Crippen molar-refractivity contribution in [3.8, 4) is 0 Å². The number of hydrogen-bond acceptors (Lipinski definition) is 2. The summed E-state index contributed by atoms with van der Waals surface area (Å²) in [7, 11) is 0. The molecule has 0 heterocycles. The molecule has 0 amide bonds. The van der Waals surface area contributed by atoms with E-state index in [9.17, 15) is 0 Å². The van der Waals surface area contributed by atoms with Gasteiger partial charge in [0.05, 0.1) is 6.04 Å². The molecule has 2 aromatic carbocycles. The Morgan fingerprint density at radius 3 is 1.83 bits per heavy atom. The van der Waals surface area contributed by atoms with Gasteiger partial charge in [-0.05, 0) is 47.1 Å². The SMILES string of the molecule is CCC(C)c1ccc(C(CN)Nc2ccc(C(C)C)cc2)cc1. The second kappa shape index (κ2) is 8.16. The minimum atomic E-state index is 0.144. The van der Waals surface area contributed by atoms with Gasteiger partial charge in [-0.1, -0.05) is 64.1 Å². The highest BCUT2D eigenvalue weighted by Gasteiger charge is 2.11. The van der Waals surface area contributed by atoms with Crippen LogP contribution in [0, 0.1) is 0 Å². The van der Waals surface area contributed by atoms with E-state index < -0.39 is 0 Å². The molecular formula is C21H30N2. The van der Waals surface area contributed by atoms with E-state index in [1.54, 1.807) is 0 Å². The van der Waals surface area contributed by atoms with Gasteiger partial charge >= 0.3 is 0 Å². The van der Waals surface area contributed by atoms with Gasteiger partial charge in [0.15, 0.2) is 0 Å². The van der Waals surface area contributed by atoms with Crippen molar-refractivity contribution in [2.24, 2.45) is 5.73 Å². The largest absolute Gasteiger partial charge is 0.377 e. The Morgan fingerprint density at radius 2 is 1.35 bits per heavy atom. The summed E-state index contributed by atoms with van der Waals surface area (Å²) in [4.78, 5) is 0. The predicted molar refractivity (Wildman–Crippen MR) is 101 cm³/mol. The Bertz CT molecular complexity index is 584. The summed E-state index contributed by atoms with van der Waals surface area (Å²) in [6.07, 6.45) is 1.17. The lowest BCUT2D eigenvalue weighted by atomic mass is 9.96. The van der Waals surface area contributed by atoms with E-state index in [2.05, 4.69) is 81.5 Å². The summed E-state index contributed by atoms with van der Waals surface area (Å²) in [5.74, 6) is 1.17. The van der Waals surface area contributed by atoms with Gasteiger partial charge in [0.1, 0.15) is 0 Å². The van der Waals surface area contributed by atoms with Crippen LogP contribution in [0.15, 0.2) is 48.5 Å². The van der Waals surface area contributed by atoms with Crippen LogP contribution in [0.2, 0.25) is 0 Å². The molecule has 0 aliphatic rings. The molecule has 2 heteroatoms. The first-order valence-electron chi connectivity index (χ1n) is 8.71. The van der Waals surface area contributed by atoms with Crippen LogP contribution in [-0.2, 0) is 0 Å². The summed E-state index contributed by atoms with van der Waals surface area (Å²) >= 11 is 0. The van der Waals surface area contributed by atoms with E-state index in [0.717, 1.165) is 5.69 Å². The first kappa shape index (κ1) is 17.6. The minimum absolute atomic E-state index is 0.144. The fourth-order valence-electron chi connectivity index (χ4n) is 2.74. The third-order valence-corrected chi connectivity index (χ3v) is 4.67. The molecule has 0 aliphatic carbocycles. The number of nitrogens with two attached hydrogens (primary N) is 1. The monoisotopic (exact) mass is 310 g/mol. The molecule has 2 unspecified atom stereocenters. The molecule has 0 aromatic heterocycles. The average molecular weight is 310 g/mol. The topological polar surface area (TPSA) is 38.0 Å². The molecule has 0 bridgehead atoms. The van der Waals surface area contributed by atoms with Crippen LogP contribution >= 0.6 is 0 Å². The van der Waals surface area contributed by atoms with Gasteiger partial charge in [-0.15, -0.1) is 0 Å². The number of anilines is 1. The predicted octanol–water partition coefficient (Wildman–Crippen LogP) is 5.44. The maximum absolute atomic E-state index is 5.99. The third kappa shape index (κ3) is 4.59. The second-order valence-electron chi connectivity index (χ2n) is 6.69. The van der Waals surface area contributed by atoms with E-state index >= 15 is 0 Å². The van der Waals surface area contributed by atoms with E-state index in [0.29, 0.717) is 18.4 Å². The van der Waals surface area contributed by atoms with Gasteiger partial charge in [0.2, 0.25) is 0 Å². The molecule has 0 saturated carbocycles.